The summed E-state index contributed by atoms with van der Waals surface area (Å²) in [6.07, 6.45) is 2.00. The predicted molar refractivity (Wildman–Crippen MR) is 96.0 cm³/mol. The highest BCUT2D eigenvalue weighted by molar-refractivity contribution is 5.96. The monoisotopic (exact) mass is 364 g/mol. The molecule has 5 heteroatoms. The van der Waals surface area contributed by atoms with Gasteiger partial charge in [-0.3, -0.25) is 4.79 Å². The van der Waals surface area contributed by atoms with Crippen molar-refractivity contribution in [3.05, 3.63) is 11.5 Å². The molecule has 2 aliphatic carbocycles. The minimum Gasteiger partial charge on any atom is -0.462 e. The Kier molecular flexibility index (Phi) is 3.86. The zero-order valence-electron chi connectivity index (χ0n) is 16.5. The van der Waals surface area contributed by atoms with E-state index in [1.807, 2.05) is 13.8 Å². The van der Waals surface area contributed by atoms with E-state index in [1.54, 1.807) is 0 Å². The molecule has 146 valence electrons. The van der Waals surface area contributed by atoms with Gasteiger partial charge in [0.1, 0.15) is 11.7 Å². The molecule has 2 saturated carbocycles. The zero-order chi connectivity index (χ0) is 19.1. The fourth-order valence-corrected chi connectivity index (χ4v) is 6.47. The number of carbonyl (C=O) groups excluding carboxylic acids is 1. The van der Waals surface area contributed by atoms with E-state index in [0.717, 1.165) is 12.8 Å². The number of hydrogen-bond acceptors (Lipinski definition) is 5. The van der Waals surface area contributed by atoms with E-state index in [4.69, 9.17) is 9.47 Å². The lowest BCUT2D eigenvalue weighted by atomic mass is 9.43. The van der Waals surface area contributed by atoms with Gasteiger partial charge in [-0.05, 0) is 56.3 Å². The van der Waals surface area contributed by atoms with Crippen LogP contribution in [0.1, 0.15) is 66.7 Å². The molecule has 0 bridgehead atoms. The second kappa shape index (κ2) is 5.48. The van der Waals surface area contributed by atoms with E-state index < -0.39 is 11.7 Å². The summed E-state index contributed by atoms with van der Waals surface area (Å²) in [7, 11) is 0. The van der Waals surface area contributed by atoms with Crippen LogP contribution in [0.15, 0.2) is 11.5 Å². The second-order valence-corrected chi connectivity index (χ2v) is 10.1. The molecule has 2 N–H and O–H groups in total. The highest BCUT2D eigenvalue weighted by Crippen LogP contribution is 2.65. The number of ketones is 1. The lowest BCUT2D eigenvalue weighted by Crippen LogP contribution is -2.67. The fourth-order valence-electron chi connectivity index (χ4n) is 6.47. The molecule has 7 atom stereocenters. The van der Waals surface area contributed by atoms with Gasteiger partial charge in [-0.25, -0.2) is 0 Å². The number of aliphatic hydroxyl groups excluding tert-OH is 2. The van der Waals surface area contributed by atoms with Gasteiger partial charge in [0.25, 0.3) is 5.95 Å². The first-order chi connectivity index (χ1) is 12.0. The van der Waals surface area contributed by atoms with E-state index in [9.17, 15) is 15.0 Å². The van der Waals surface area contributed by atoms with Crippen molar-refractivity contribution >= 4 is 5.78 Å². The maximum absolute atomic E-state index is 12.6. The first-order valence-corrected chi connectivity index (χ1v) is 9.98. The Bertz CT molecular complexity index is 667. The Morgan fingerprint density at radius 2 is 1.73 bits per heavy atom. The summed E-state index contributed by atoms with van der Waals surface area (Å²) in [4.78, 5) is 12.6. The molecule has 0 spiro atoms. The van der Waals surface area contributed by atoms with Gasteiger partial charge in [0.2, 0.25) is 0 Å². The summed E-state index contributed by atoms with van der Waals surface area (Å²) in [5, 5.41) is 21.7. The van der Waals surface area contributed by atoms with Crippen molar-refractivity contribution in [3.8, 4) is 0 Å². The van der Waals surface area contributed by atoms with Crippen molar-refractivity contribution in [2.45, 2.75) is 90.6 Å². The van der Waals surface area contributed by atoms with Crippen molar-refractivity contribution < 1.29 is 24.5 Å². The minimum absolute atomic E-state index is 0.0234. The molecule has 2 fully saturated rings. The van der Waals surface area contributed by atoms with Crippen LogP contribution in [0, 0.1) is 22.7 Å². The molecule has 0 amide bonds. The normalized spacial score (nSPS) is 50.1. The maximum Gasteiger partial charge on any atom is 0.287 e. The minimum atomic E-state index is -0.764. The summed E-state index contributed by atoms with van der Waals surface area (Å²) in [5.74, 6) is 0.645. The van der Waals surface area contributed by atoms with Crippen LogP contribution in [0.5, 0.6) is 0 Å². The lowest BCUT2D eigenvalue weighted by Gasteiger charge is -2.65. The van der Waals surface area contributed by atoms with E-state index in [0.29, 0.717) is 30.8 Å². The lowest BCUT2D eigenvalue weighted by molar-refractivity contribution is -0.264. The van der Waals surface area contributed by atoms with E-state index >= 15 is 0 Å². The van der Waals surface area contributed by atoms with Crippen LogP contribution in [0.25, 0.3) is 0 Å². The van der Waals surface area contributed by atoms with Crippen molar-refractivity contribution in [2.24, 2.45) is 22.7 Å². The van der Waals surface area contributed by atoms with Crippen LogP contribution in [-0.2, 0) is 14.3 Å². The highest BCUT2D eigenvalue weighted by atomic mass is 16.7. The molecule has 5 nitrogen and oxygen atoms in total. The smallest absolute Gasteiger partial charge is 0.287 e. The number of allylic oxidation sites excluding steroid dienone is 1. The molecular weight excluding hydrogens is 332 g/mol. The average Bonchev–Trinajstić information content (AvgIpc) is 2.53. The molecule has 0 radical (unpaired) electrons. The second-order valence-electron chi connectivity index (χ2n) is 10.1. The Labute approximate surface area is 155 Å². The number of rotatable bonds is 0. The number of carbonyl (C=O) groups is 1. The Hall–Kier alpha value is -1.07. The SMILES string of the molecule is C[C@@H]1CC(=O)C2=C(O1)O[C@]1(C)[C@H](O)C[C@@H]3C(C)(C)[C@H](O)CC[C@@]3(C)[C@H]1C2. The van der Waals surface area contributed by atoms with Crippen molar-refractivity contribution in [1.29, 1.82) is 0 Å². The van der Waals surface area contributed by atoms with Gasteiger partial charge >= 0.3 is 0 Å². The molecule has 2 aliphatic heterocycles. The van der Waals surface area contributed by atoms with Crippen molar-refractivity contribution in [1.82, 2.24) is 0 Å². The van der Waals surface area contributed by atoms with E-state index in [2.05, 4.69) is 20.8 Å². The van der Waals surface area contributed by atoms with E-state index in [-0.39, 0.29) is 40.7 Å². The molecule has 4 rings (SSSR count). The van der Waals surface area contributed by atoms with Crippen molar-refractivity contribution in [2.75, 3.05) is 0 Å². The van der Waals surface area contributed by atoms with Gasteiger partial charge in [-0.15, -0.1) is 0 Å². The Morgan fingerprint density at radius 3 is 2.42 bits per heavy atom. The number of Topliss-reactive ketones (excluding diaryl/α,β-unsaturated/α-hetero) is 1. The van der Waals surface area contributed by atoms with Gasteiger partial charge in [-0.2, -0.15) is 0 Å². The molecule has 0 aromatic heterocycles. The predicted octanol–water partition coefficient (Wildman–Crippen LogP) is 2.94. The summed E-state index contributed by atoms with van der Waals surface area (Å²) in [6, 6.07) is 0. The van der Waals surface area contributed by atoms with Gasteiger partial charge in [0.05, 0.1) is 17.8 Å². The molecular formula is C21H32O5. The van der Waals surface area contributed by atoms with Gasteiger partial charge < -0.3 is 19.7 Å². The largest absolute Gasteiger partial charge is 0.462 e. The molecule has 0 saturated heterocycles. The molecule has 4 aliphatic rings. The molecule has 0 unspecified atom stereocenters. The summed E-state index contributed by atoms with van der Waals surface area (Å²) in [5.41, 5.74) is -0.479. The van der Waals surface area contributed by atoms with Crippen LogP contribution in [0.2, 0.25) is 0 Å². The van der Waals surface area contributed by atoms with Crippen LogP contribution in [0.3, 0.4) is 0 Å². The third-order valence-corrected chi connectivity index (χ3v) is 8.20. The van der Waals surface area contributed by atoms with Gasteiger partial charge in [0.15, 0.2) is 5.78 Å². The average molecular weight is 364 g/mol. The topological polar surface area (TPSA) is 76.0 Å². The molecule has 0 aromatic carbocycles. The first kappa shape index (κ1) is 18.3. The molecule has 26 heavy (non-hydrogen) atoms. The Balaban J connectivity index is 1.78. The molecule has 2 heterocycles. The molecule has 0 aromatic rings. The number of aliphatic hydroxyl groups is 2. The van der Waals surface area contributed by atoms with Crippen molar-refractivity contribution in [3.63, 3.8) is 0 Å². The number of fused-ring (bicyclic) bond motifs is 3. The Morgan fingerprint density at radius 1 is 1.04 bits per heavy atom. The highest BCUT2D eigenvalue weighted by Gasteiger charge is 2.66. The fraction of sp³-hybridized carbons (Fsp3) is 0.857. The van der Waals surface area contributed by atoms with Gasteiger partial charge in [0, 0.05) is 12.3 Å². The third kappa shape index (κ3) is 2.26. The quantitative estimate of drug-likeness (QED) is 0.691. The summed E-state index contributed by atoms with van der Waals surface area (Å²) < 4.78 is 12.1. The first-order valence-electron chi connectivity index (χ1n) is 9.98. The number of ether oxygens (including phenoxy) is 2. The van der Waals surface area contributed by atoms with Gasteiger partial charge in [-0.1, -0.05) is 20.8 Å². The van der Waals surface area contributed by atoms with Crippen LogP contribution in [0.4, 0.5) is 0 Å². The van der Waals surface area contributed by atoms with Crippen LogP contribution < -0.4 is 0 Å². The number of hydrogen-bond donors (Lipinski definition) is 2. The third-order valence-electron chi connectivity index (χ3n) is 8.20. The van der Waals surface area contributed by atoms with E-state index in [1.165, 1.54) is 0 Å². The van der Waals surface area contributed by atoms with Crippen LogP contribution >= 0.6 is 0 Å². The standard InChI is InChI=1S/C21H32O5/c1-11-8-13(22)12-9-15-20(4)7-6-16(23)19(2,3)14(20)10-17(24)21(15,5)26-18(12)25-11/h11,14-17,23-24H,6-10H2,1-5H3/t11-,14-,15-,16-,17-,20-,21+/m1/s1. The maximum atomic E-state index is 12.6. The summed E-state index contributed by atoms with van der Waals surface area (Å²) in [6.45, 7) is 10.3. The zero-order valence-corrected chi connectivity index (χ0v) is 16.5. The van der Waals surface area contributed by atoms with Crippen LogP contribution in [-0.4, -0.2) is 39.9 Å². The summed E-state index contributed by atoms with van der Waals surface area (Å²) >= 11 is 0.